The zero-order valence-electron chi connectivity index (χ0n) is 8.67. The van der Waals surface area contributed by atoms with Crippen molar-refractivity contribution in [3.05, 3.63) is 23.2 Å². The van der Waals surface area contributed by atoms with E-state index in [9.17, 15) is 13.9 Å². The molecule has 0 spiro atoms. The van der Waals surface area contributed by atoms with E-state index < -0.39 is 12.7 Å². The third-order valence-corrected chi connectivity index (χ3v) is 2.46. The molecule has 0 radical (unpaired) electrons. The van der Waals surface area contributed by atoms with Crippen LogP contribution in [0, 0.1) is 0 Å². The molecule has 0 saturated heterocycles. The van der Waals surface area contributed by atoms with E-state index in [1.165, 1.54) is 18.2 Å². The number of ether oxygens (including phenoxy) is 1. The molecule has 0 aliphatic rings. The molecule has 1 rings (SSSR count). The quantitative estimate of drug-likeness (QED) is 0.790. The fraction of sp³-hybridized carbons (Fsp3) is 0.400. The lowest BCUT2D eigenvalue weighted by molar-refractivity contribution is -0.0493. The van der Waals surface area contributed by atoms with Crippen LogP contribution in [0.1, 0.15) is 0 Å². The molecule has 1 atom stereocenters. The van der Waals surface area contributed by atoms with Gasteiger partial charge in [-0.2, -0.15) is 8.78 Å². The van der Waals surface area contributed by atoms with Gasteiger partial charge in [0.15, 0.2) is 0 Å². The van der Waals surface area contributed by atoms with E-state index in [1.54, 1.807) is 0 Å². The Hall–Kier alpha value is -0.780. The molecule has 0 heterocycles. The van der Waals surface area contributed by atoms with Crippen molar-refractivity contribution in [3.63, 3.8) is 0 Å². The van der Waals surface area contributed by atoms with Gasteiger partial charge in [-0.25, -0.2) is 0 Å². The molecule has 0 amide bonds. The van der Waals surface area contributed by atoms with Crippen LogP contribution in [0.3, 0.4) is 0 Å². The zero-order chi connectivity index (χ0) is 12.8. The Labute approximate surface area is 107 Å². The molecule has 1 aromatic rings. The summed E-state index contributed by atoms with van der Waals surface area (Å²) < 4.78 is 28.5. The number of rotatable bonds is 6. The fourth-order valence-electron chi connectivity index (χ4n) is 1.12. The first-order valence-corrected chi connectivity index (χ1v) is 5.66. The Morgan fingerprint density at radius 1 is 1.41 bits per heavy atom. The minimum atomic E-state index is -2.92. The van der Waals surface area contributed by atoms with Crippen molar-refractivity contribution in [1.82, 2.24) is 0 Å². The minimum Gasteiger partial charge on any atom is -0.433 e. The van der Waals surface area contributed by atoms with Crippen LogP contribution in [-0.4, -0.2) is 30.2 Å². The zero-order valence-corrected chi connectivity index (χ0v) is 10.2. The summed E-state index contributed by atoms with van der Waals surface area (Å²) in [4.78, 5) is 0. The first kappa shape index (κ1) is 14.3. The lowest BCUT2D eigenvalue weighted by atomic mass is 10.2. The first-order valence-electron chi connectivity index (χ1n) is 4.75. The van der Waals surface area contributed by atoms with Gasteiger partial charge in [0.1, 0.15) is 5.75 Å². The second-order valence-corrected chi connectivity index (χ2v) is 3.95. The first-order chi connectivity index (χ1) is 8.02. The van der Waals surface area contributed by atoms with Crippen LogP contribution in [0.25, 0.3) is 0 Å². The number of benzene rings is 1. The Morgan fingerprint density at radius 2 is 2.12 bits per heavy atom. The van der Waals surface area contributed by atoms with Gasteiger partial charge >= 0.3 is 6.61 Å². The Bertz CT molecular complexity index is 366. The lowest BCUT2D eigenvalue weighted by Crippen LogP contribution is -2.21. The highest BCUT2D eigenvalue weighted by molar-refractivity contribution is 6.30. The van der Waals surface area contributed by atoms with Gasteiger partial charge in [-0.1, -0.05) is 11.6 Å². The van der Waals surface area contributed by atoms with Crippen molar-refractivity contribution < 1.29 is 18.6 Å². The van der Waals surface area contributed by atoms with E-state index in [0.29, 0.717) is 5.02 Å². The van der Waals surface area contributed by atoms with Crippen molar-refractivity contribution in [2.45, 2.75) is 12.7 Å². The maximum Gasteiger partial charge on any atom is 0.387 e. The van der Waals surface area contributed by atoms with Crippen LogP contribution in [0.2, 0.25) is 5.02 Å². The van der Waals surface area contributed by atoms with E-state index >= 15 is 0 Å². The summed E-state index contributed by atoms with van der Waals surface area (Å²) in [5, 5.41) is 12.3. The van der Waals surface area contributed by atoms with Crippen molar-refractivity contribution in [1.29, 1.82) is 0 Å². The van der Waals surface area contributed by atoms with Gasteiger partial charge in [-0.05, 0) is 18.2 Å². The molecule has 0 bridgehead atoms. The van der Waals surface area contributed by atoms with E-state index in [2.05, 4.69) is 10.1 Å². The third-order valence-electron chi connectivity index (χ3n) is 1.86. The summed E-state index contributed by atoms with van der Waals surface area (Å²) in [5.41, 5.74) is 0.280. The van der Waals surface area contributed by atoms with E-state index in [1.807, 2.05) is 0 Å². The molecule has 2 N–H and O–H groups in total. The molecule has 96 valence electrons. The molecule has 17 heavy (non-hydrogen) atoms. The second kappa shape index (κ2) is 6.83. The molecule has 3 nitrogen and oxygen atoms in total. The number of halogens is 4. The number of hydrogen-bond acceptors (Lipinski definition) is 3. The highest BCUT2D eigenvalue weighted by Crippen LogP contribution is 2.29. The topological polar surface area (TPSA) is 41.5 Å². The minimum absolute atomic E-state index is 0.0360. The van der Waals surface area contributed by atoms with E-state index in [4.69, 9.17) is 23.2 Å². The summed E-state index contributed by atoms with van der Waals surface area (Å²) in [6.07, 6.45) is -0.782. The van der Waals surface area contributed by atoms with Crippen LogP contribution in [0.15, 0.2) is 18.2 Å². The van der Waals surface area contributed by atoms with Crippen LogP contribution in [-0.2, 0) is 0 Å². The molecule has 1 aromatic carbocycles. The molecule has 0 fully saturated rings. The van der Waals surface area contributed by atoms with Crippen molar-refractivity contribution in [2.75, 3.05) is 17.7 Å². The molecule has 1 unspecified atom stereocenters. The van der Waals surface area contributed by atoms with Crippen molar-refractivity contribution >= 4 is 28.9 Å². The fourth-order valence-corrected chi connectivity index (χ4v) is 1.40. The average Bonchev–Trinajstić information content (AvgIpc) is 2.28. The van der Waals surface area contributed by atoms with Gasteiger partial charge in [-0.3, -0.25) is 0 Å². The Kier molecular flexibility index (Phi) is 5.74. The number of anilines is 1. The van der Waals surface area contributed by atoms with Crippen molar-refractivity contribution in [3.8, 4) is 5.75 Å². The standard InChI is InChI=1S/C10H11Cl2F2NO2/c11-4-7(16)5-15-8-3-6(12)1-2-9(8)17-10(13)14/h1-3,7,10,15-16H,4-5H2. The lowest BCUT2D eigenvalue weighted by Gasteiger charge is -2.14. The van der Waals surface area contributed by atoms with Crippen LogP contribution < -0.4 is 10.1 Å². The molecule has 7 heteroatoms. The Balaban J connectivity index is 2.76. The smallest absolute Gasteiger partial charge is 0.387 e. The molecular weight excluding hydrogens is 275 g/mol. The number of hydrogen-bond donors (Lipinski definition) is 2. The summed E-state index contributed by atoms with van der Waals surface area (Å²) in [6.45, 7) is -2.81. The average molecular weight is 286 g/mol. The van der Waals surface area contributed by atoms with Gasteiger partial charge < -0.3 is 15.2 Å². The van der Waals surface area contributed by atoms with Gasteiger partial charge in [0.05, 0.1) is 17.7 Å². The van der Waals surface area contributed by atoms with E-state index in [-0.39, 0.29) is 23.9 Å². The predicted octanol–water partition coefficient (Wildman–Crippen LogP) is 2.95. The summed E-state index contributed by atoms with van der Waals surface area (Å²) in [6, 6.07) is 4.19. The highest BCUT2D eigenvalue weighted by Gasteiger charge is 2.11. The molecule has 0 aromatic heterocycles. The monoisotopic (exact) mass is 285 g/mol. The predicted molar refractivity (Wildman–Crippen MR) is 63.3 cm³/mol. The van der Waals surface area contributed by atoms with Crippen LogP contribution in [0.5, 0.6) is 5.75 Å². The molecule has 0 aliphatic heterocycles. The molecule has 0 aliphatic carbocycles. The maximum absolute atomic E-state index is 12.1. The summed E-state index contributed by atoms with van der Waals surface area (Å²) in [5.74, 6) is 0.00433. The number of aliphatic hydroxyl groups is 1. The van der Waals surface area contributed by atoms with Gasteiger partial charge in [0, 0.05) is 11.6 Å². The van der Waals surface area contributed by atoms with E-state index in [0.717, 1.165) is 0 Å². The highest BCUT2D eigenvalue weighted by atomic mass is 35.5. The largest absolute Gasteiger partial charge is 0.433 e. The maximum atomic E-state index is 12.1. The Morgan fingerprint density at radius 3 is 2.71 bits per heavy atom. The van der Waals surface area contributed by atoms with Crippen LogP contribution in [0.4, 0.5) is 14.5 Å². The summed E-state index contributed by atoms with van der Waals surface area (Å²) >= 11 is 11.1. The number of nitrogens with one attached hydrogen (secondary N) is 1. The van der Waals surface area contributed by atoms with Crippen molar-refractivity contribution in [2.24, 2.45) is 0 Å². The molecule has 0 saturated carbocycles. The number of alkyl halides is 3. The van der Waals surface area contributed by atoms with Gasteiger partial charge in [0.25, 0.3) is 0 Å². The van der Waals surface area contributed by atoms with Gasteiger partial charge in [0.2, 0.25) is 0 Å². The summed E-state index contributed by atoms with van der Waals surface area (Å²) in [7, 11) is 0. The molecular formula is C10H11Cl2F2NO2. The van der Waals surface area contributed by atoms with Crippen LogP contribution >= 0.6 is 23.2 Å². The normalized spacial score (nSPS) is 12.6. The SMILES string of the molecule is OC(CCl)CNc1cc(Cl)ccc1OC(F)F. The third kappa shape index (κ3) is 4.93. The number of aliphatic hydroxyl groups excluding tert-OH is 1. The van der Waals surface area contributed by atoms with Gasteiger partial charge in [-0.15, -0.1) is 11.6 Å². The second-order valence-electron chi connectivity index (χ2n) is 3.21.